The average molecular weight is 423 g/mol. The molecule has 1 N–H and O–H groups in total. The van der Waals surface area contributed by atoms with Gasteiger partial charge in [-0.15, -0.1) is 0 Å². The molecule has 5 nitrogen and oxygen atoms in total. The second kappa shape index (κ2) is 8.12. The molecule has 1 saturated carbocycles. The van der Waals surface area contributed by atoms with E-state index >= 15 is 0 Å². The van der Waals surface area contributed by atoms with Crippen molar-refractivity contribution in [2.45, 2.75) is 64.5 Å². The molecule has 1 aliphatic carbocycles. The van der Waals surface area contributed by atoms with E-state index in [-0.39, 0.29) is 5.56 Å². The molecule has 0 saturated heterocycles. The number of halogens is 1. The molecule has 5 rings (SSSR count). The highest BCUT2D eigenvalue weighted by Gasteiger charge is 2.25. The van der Waals surface area contributed by atoms with E-state index in [2.05, 4.69) is 27.0 Å². The summed E-state index contributed by atoms with van der Waals surface area (Å²) in [6, 6.07) is 8.29. The predicted octanol–water partition coefficient (Wildman–Crippen LogP) is 4.89. The van der Waals surface area contributed by atoms with Crippen LogP contribution in [0.3, 0.4) is 0 Å². The number of pyridine rings is 1. The minimum atomic E-state index is 0.0311. The van der Waals surface area contributed by atoms with Crippen molar-refractivity contribution in [1.29, 1.82) is 0 Å². The van der Waals surface area contributed by atoms with Gasteiger partial charge in [0.25, 0.3) is 5.56 Å². The van der Waals surface area contributed by atoms with Gasteiger partial charge in [-0.05, 0) is 31.4 Å². The Labute approximate surface area is 181 Å². The van der Waals surface area contributed by atoms with E-state index in [1.165, 1.54) is 19.3 Å². The Morgan fingerprint density at radius 3 is 2.87 bits per heavy atom. The summed E-state index contributed by atoms with van der Waals surface area (Å²) in [7, 11) is 0. The summed E-state index contributed by atoms with van der Waals surface area (Å²) in [6.07, 6.45) is 6.85. The molecule has 0 atom stereocenters. The van der Waals surface area contributed by atoms with Crippen molar-refractivity contribution in [3.05, 3.63) is 68.0 Å². The summed E-state index contributed by atoms with van der Waals surface area (Å²) in [5, 5.41) is 1.64. The number of rotatable bonds is 3. The number of aromatic nitrogens is 3. The molecule has 2 aromatic heterocycles. The van der Waals surface area contributed by atoms with Crippen molar-refractivity contribution in [3.63, 3.8) is 0 Å². The topological polar surface area (TPSA) is 61.9 Å². The number of H-pyrrole nitrogens is 1. The molecule has 0 amide bonds. The molecule has 0 radical (unpaired) electrons. The maximum atomic E-state index is 12.8. The van der Waals surface area contributed by atoms with Crippen molar-refractivity contribution in [1.82, 2.24) is 19.9 Å². The third-order valence-corrected chi connectivity index (χ3v) is 6.95. The molecule has 1 fully saturated rings. The van der Waals surface area contributed by atoms with E-state index in [4.69, 9.17) is 16.6 Å². The van der Waals surface area contributed by atoms with Gasteiger partial charge in [-0.25, -0.2) is 9.97 Å². The zero-order chi connectivity index (χ0) is 20.7. The van der Waals surface area contributed by atoms with Gasteiger partial charge < -0.3 is 4.98 Å². The number of hydrogen-bond donors (Lipinski definition) is 1. The van der Waals surface area contributed by atoms with Crippen LogP contribution in [0, 0.1) is 6.92 Å². The minimum Gasteiger partial charge on any atom is -0.310 e. The van der Waals surface area contributed by atoms with E-state index in [1.54, 1.807) is 0 Å². The van der Waals surface area contributed by atoms with Crippen molar-refractivity contribution in [2.75, 3.05) is 6.54 Å². The lowest BCUT2D eigenvalue weighted by molar-refractivity contribution is 0.241. The van der Waals surface area contributed by atoms with Crippen LogP contribution in [0.1, 0.15) is 66.2 Å². The van der Waals surface area contributed by atoms with E-state index in [0.29, 0.717) is 24.2 Å². The Morgan fingerprint density at radius 2 is 2.03 bits per heavy atom. The van der Waals surface area contributed by atoms with Crippen molar-refractivity contribution in [3.8, 4) is 0 Å². The van der Waals surface area contributed by atoms with Gasteiger partial charge in [0.15, 0.2) is 0 Å². The van der Waals surface area contributed by atoms with E-state index in [1.807, 2.05) is 19.1 Å². The zero-order valence-electron chi connectivity index (χ0n) is 17.4. The van der Waals surface area contributed by atoms with Crippen LogP contribution in [0.15, 0.2) is 29.1 Å². The van der Waals surface area contributed by atoms with Crippen LogP contribution in [0.5, 0.6) is 0 Å². The fourth-order valence-electron chi connectivity index (χ4n) is 4.92. The zero-order valence-corrected chi connectivity index (χ0v) is 18.1. The second-order valence-electron chi connectivity index (χ2n) is 8.76. The molecule has 0 bridgehead atoms. The van der Waals surface area contributed by atoms with Crippen LogP contribution < -0.4 is 5.56 Å². The molecule has 6 heteroatoms. The number of benzene rings is 1. The van der Waals surface area contributed by atoms with E-state index in [0.717, 1.165) is 64.9 Å². The lowest BCUT2D eigenvalue weighted by Gasteiger charge is -2.29. The minimum absolute atomic E-state index is 0.0311. The van der Waals surface area contributed by atoms with Gasteiger partial charge in [0, 0.05) is 42.9 Å². The summed E-state index contributed by atoms with van der Waals surface area (Å²) < 4.78 is 0. The van der Waals surface area contributed by atoms with Crippen LogP contribution in [-0.2, 0) is 19.5 Å². The molecule has 0 spiro atoms. The highest BCUT2D eigenvalue weighted by Crippen LogP contribution is 2.31. The number of nitrogens with zero attached hydrogens (tertiary/aromatic N) is 3. The molecule has 1 aliphatic heterocycles. The fourth-order valence-corrected chi connectivity index (χ4v) is 5.12. The van der Waals surface area contributed by atoms with Crippen molar-refractivity contribution < 1.29 is 0 Å². The molecule has 2 aliphatic rings. The van der Waals surface area contributed by atoms with E-state index in [9.17, 15) is 4.79 Å². The van der Waals surface area contributed by atoms with Crippen LogP contribution in [0.2, 0.25) is 5.15 Å². The number of aryl methyl sites for hydroxylation is 1. The smallest absolute Gasteiger partial charge is 0.255 e. The number of para-hydroxylation sites is 1. The van der Waals surface area contributed by atoms with Crippen LogP contribution in [-0.4, -0.2) is 26.4 Å². The van der Waals surface area contributed by atoms with Gasteiger partial charge in [0.05, 0.1) is 16.8 Å². The summed E-state index contributed by atoms with van der Waals surface area (Å²) in [4.78, 5) is 27.7. The summed E-state index contributed by atoms with van der Waals surface area (Å²) >= 11 is 6.51. The Balaban J connectivity index is 1.38. The first kappa shape index (κ1) is 19.7. The van der Waals surface area contributed by atoms with Crippen molar-refractivity contribution >= 4 is 22.5 Å². The van der Waals surface area contributed by atoms with Gasteiger partial charge in [0.1, 0.15) is 11.0 Å². The maximum Gasteiger partial charge on any atom is 0.255 e. The third-order valence-electron chi connectivity index (χ3n) is 6.63. The van der Waals surface area contributed by atoms with Gasteiger partial charge in [-0.2, -0.15) is 0 Å². The SMILES string of the molecule is Cc1cccc2cc(CN3CCc4nc(C5CCCCC5)[nH]c(=O)c4C3)c(Cl)nc12. The van der Waals surface area contributed by atoms with E-state index < -0.39 is 0 Å². The second-order valence-corrected chi connectivity index (χ2v) is 9.11. The molecular formula is C24H27ClN4O. The Bertz CT molecular complexity index is 1150. The monoisotopic (exact) mass is 422 g/mol. The normalized spacial score (nSPS) is 17.9. The predicted molar refractivity (Wildman–Crippen MR) is 120 cm³/mol. The third kappa shape index (κ3) is 3.77. The van der Waals surface area contributed by atoms with Gasteiger partial charge in [-0.1, -0.05) is 49.1 Å². The van der Waals surface area contributed by atoms with Crippen molar-refractivity contribution in [2.24, 2.45) is 0 Å². The molecule has 0 unspecified atom stereocenters. The number of nitrogens with one attached hydrogen (secondary N) is 1. The van der Waals surface area contributed by atoms with Gasteiger partial charge in [0.2, 0.25) is 0 Å². The van der Waals surface area contributed by atoms with Gasteiger partial charge >= 0.3 is 0 Å². The number of hydrogen-bond acceptors (Lipinski definition) is 4. The first-order valence-electron chi connectivity index (χ1n) is 11.0. The van der Waals surface area contributed by atoms with Crippen LogP contribution in [0.25, 0.3) is 10.9 Å². The van der Waals surface area contributed by atoms with Crippen LogP contribution >= 0.6 is 11.6 Å². The molecule has 30 heavy (non-hydrogen) atoms. The average Bonchev–Trinajstić information content (AvgIpc) is 2.76. The number of aromatic amines is 1. The van der Waals surface area contributed by atoms with Gasteiger partial charge in [-0.3, -0.25) is 9.69 Å². The molecular weight excluding hydrogens is 396 g/mol. The first-order valence-corrected chi connectivity index (χ1v) is 11.4. The number of fused-ring (bicyclic) bond motifs is 2. The molecule has 156 valence electrons. The fraction of sp³-hybridized carbons (Fsp3) is 0.458. The lowest BCUT2D eigenvalue weighted by atomic mass is 9.88. The molecule has 1 aromatic carbocycles. The maximum absolute atomic E-state index is 12.8. The summed E-state index contributed by atoms with van der Waals surface area (Å²) in [6.45, 7) is 4.20. The standard InChI is InChI=1S/C24H27ClN4O/c1-15-6-5-9-17-12-18(22(25)27-21(15)17)13-29-11-10-20-19(14-29)24(30)28-23(26-20)16-7-3-2-4-8-16/h5-6,9,12,16H,2-4,7-8,10-11,13-14H2,1H3,(H,26,28,30). The summed E-state index contributed by atoms with van der Waals surface area (Å²) in [5.74, 6) is 1.32. The lowest BCUT2D eigenvalue weighted by Crippen LogP contribution is -2.36. The van der Waals surface area contributed by atoms with Crippen LogP contribution in [0.4, 0.5) is 0 Å². The largest absolute Gasteiger partial charge is 0.310 e. The molecule has 3 aromatic rings. The Morgan fingerprint density at radius 1 is 1.20 bits per heavy atom. The Kier molecular flexibility index (Phi) is 5.34. The highest BCUT2D eigenvalue weighted by atomic mass is 35.5. The molecule has 3 heterocycles. The quantitative estimate of drug-likeness (QED) is 0.610. The summed E-state index contributed by atoms with van der Waals surface area (Å²) in [5.41, 5.74) is 4.89. The highest BCUT2D eigenvalue weighted by molar-refractivity contribution is 6.30. The Hall–Kier alpha value is -2.24. The first-order chi connectivity index (χ1) is 14.6.